The van der Waals surface area contributed by atoms with Crippen molar-refractivity contribution in [1.29, 1.82) is 0 Å². The summed E-state index contributed by atoms with van der Waals surface area (Å²) in [5.74, 6) is 0.362. The van der Waals surface area contributed by atoms with Crippen molar-refractivity contribution < 1.29 is 28.9 Å². The molecule has 2 amide bonds. The van der Waals surface area contributed by atoms with Crippen molar-refractivity contribution in [2.75, 3.05) is 32.2 Å². The van der Waals surface area contributed by atoms with Crippen LogP contribution in [0.3, 0.4) is 0 Å². The van der Waals surface area contributed by atoms with E-state index < -0.39 is 6.10 Å². The predicted molar refractivity (Wildman–Crippen MR) is 122 cm³/mol. The van der Waals surface area contributed by atoms with Gasteiger partial charge in [-0.15, -0.1) is 0 Å². The summed E-state index contributed by atoms with van der Waals surface area (Å²) in [4.78, 5) is 24.4. The van der Waals surface area contributed by atoms with Gasteiger partial charge in [-0.25, -0.2) is 0 Å². The van der Waals surface area contributed by atoms with Gasteiger partial charge in [0.25, 0.3) is 0 Å². The summed E-state index contributed by atoms with van der Waals surface area (Å²) < 4.78 is 17.0. The Balaban J connectivity index is 1.38. The zero-order valence-corrected chi connectivity index (χ0v) is 18.7. The van der Waals surface area contributed by atoms with Crippen LogP contribution in [0.2, 0.25) is 0 Å². The number of fused-ring (bicyclic) bond motifs is 3. The topological polar surface area (TPSA) is 106 Å². The summed E-state index contributed by atoms with van der Waals surface area (Å²) in [6.07, 6.45) is 0.392. The molecular formula is C25H30N2O6. The summed E-state index contributed by atoms with van der Waals surface area (Å²) in [6, 6.07) is 15.5. The quantitative estimate of drug-likeness (QED) is 0.535. The van der Waals surface area contributed by atoms with Gasteiger partial charge in [0.1, 0.15) is 24.6 Å². The summed E-state index contributed by atoms with van der Waals surface area (Å²) in [5.41, 5.74) is 2.77. The van der Waals surface area contributed by atoms with Crippen LogP contribution in [0.25, 0.3) is 0 Å². The van der Waals surface area contributed by atoms with Gasteiger partial charge >= 0.3 is 0 Å². The van der Waals surface area contributed by atoms with E-state index in [2.05, 4.69) is 10.6 Å². The lowest BCUT2D eigenvalue weighted by molar-refractivity contribution is -0.142. The molecule has 2 aromatic carbocycles. The summed E-state index contributed by atoms with van der Waals surface area (Å²) in [6.45, 7) is 0.335. The Kier molecular flexibility index (Phi) is 7.59. The second-order valence-electron chi connectivity index (χ2n) is 8.43. The average molecular weight is 455 g/mol. The molecule has 2 aliphatic rings. The number of hydrogen-bond acceptors (Lipinski definition) is 6. The molecule has 0 unspecified atom stereocenters. The van der Waals surface area contributed by atoms with Gasteiger partial charge in [0, 0.05) is 30.8 Å². The van der Waals surface area contributed by atoms with E-state index in [-0.39, 0.29) is 49.6 Å². The van der Waals surface area contributed by atoms with Crippen LogP contribution in [0.15, 0.2) is 48.5 Å². The fourth-order valence-corrected chi connectivity index (χ4v) is 4.56. The number of ether oxygens (including phenoxy) is 3. The molecule has 2 heterocycles. The third-order valence-corrected chi connectivity index (χ3v) is 6.05. The Labute approximate surface area is 193 Å². The standard InChI is InChI=1S/C25H30N2O6/c1-31-15-24(30)27-17-7-8-21-19(11-17)20-12-18(32-22(14-28)25(20)33-21)13-23(29)26-10-9-16-5-3-2-4-6-16/h2-8,11,18,20,22,25,28H,9-10,12-15H2,1H3,(H,26,29)(H,27,30)/t18-,20+,22-,25-/m0/s1. The summed E-state index contributed by atoms with van der Waals surface area (Å²) in [7, 11) is 1.47. The maximum absolute atomic E-state index is 12.5. The third-order valence-electron chi connectivity index (χ3n) is 6.05. The number of hydrogen-bond donors (Lipinski definition) is 3. The van der Waals surface area contributed by atoms with Crippen LogP contribution in [0.4, 0.5) is 5.69 Å². The van der Waals surface area contributed by atoms with Crippen LogP contribution in [0.5, 0.6) is 5.75 Å². The van der Waals surface area contributed by atoms with Gasteiger partial charge in [-0.3, -0.25) is 9.59 Å². The van der Waals surface area contributed by atoms with Crippen LogP contribution in [0.1, 0.15) is 29.9 Å². The summed E-state index contributed by atoms with van der Waals surface area (Å²) >= 11 is 0. The molecular weight excluding hydrogens is 424 g/mol. The van der Waals surface area contributed by atoms with E-state index in [0.717, 1.165) is 12.0 Å². The van der Waals surface area contributed by atoms with Crippen LogP contribution in [-0.4, -0.2) is 62.1 Å². The first-order chi connectivity index (χ1) is 16.1. The molecule has 0 bridgehead atoms. The van der Waals surface area contributed by atoms with E-state index in [1.807, 2.05) is 42.5 Å². The minimum Gasteiger partial charge on any atom is -0.487 e. The third kappa shape index (κ3) is 5.71. The molecule has 3 N–H and O–H groups in total. The first-order valence-corrected chi connectivity index (χ1v) is 11.2. The van der Waals surface area contributed by atoms with E-state index in [1.54, 1.807) is 6.07 Å². The lowest BCUT2D eigenvalue weighted by atomic mass is 9.84. The number of rotatable bonds is 9. The maximum Gasteiger partial charge on any atom is 0.250 e. The molecule has 8 heteroatoms. The Morgan fingerprint density at radius 3 is 2.73 bits per heavy atom. The largest absolute Gasteiger partial charge is 0.487 e. The van der Waals surface area contributed by atoms with Crippen LogP contribution >= 0.6 is 0 Å². The van der Waals surface area contributed by atoms with Gasteiger partial charge in [-0.1, -0.05) is 30.3 Å². The predicted octanol–water partition coefficient (Wildman–Crippen LogP) is 2.01. The van der Waals surface area contributed by atoms with E-state index >= 15 is 0 Å². The molecule has 1 saturated heterocycles. The molecule has 8 nitrogen and oxygen atoms in total. The number of aliphatic hydroxyl groups excluding tert-OH is 1. The highest BCUT2D eigenvalue weighted by molar-refractivity contribution is 5.92. The lowest BCUT2D eigenvalue weighted by Gasteiger charge is -2.37. The zero-order chi connectivity index (χ0) is 23.2. The van der Waals surface area contributed by atoms with Gasteiger partial charge in [0.2, 0.25) is 11.8 Å². The molecule has 33 heavy (non-hydrogen) atoms. The average Bonchev–Trinajstić information content (AvgIpc) is 3.17. The number of benzene rings is 2. The molecule has 0 radical (unpaired) electrons. The van der Waals surface area contributed by atoms with Gasteiger partial charge in [0.05, 0.1) is 19.1 Å². The maximum atomic E-state index is 12.5. The minimum atomic E-state index is -0.523. The van der Waals surface area contributed by atoms with Crippen molar-refractivity contribution in [2.24, 2.45) is 0 Å². The molecule has 0 aromatic heterocycles. The van der Waals surface area contributed by atoms with Crippen LogP contribution < -0.4 is 15.4 Å². The van der Waals surface area contributed by atoms with Gasteiger partial charge in [-0.2, -0.15) is 0 Å². The first-order valence-electron chi connectivity index (χ1n) is 11.2. The lowest BCUT2D eigenvalue weighted by Crippen LogP contribution is -2.47. The number of aliphatic hydroxyl groups is 1. The van der Waals surface area contributed by atoms with Crippen LogP contribution in [0, 0.1) is 0 Å². The van der Waals surface area contributed by atoms with Gasteiger partial charge < -0.3 is 30.0 Å². The van der Waals surface area contributed by atoms with Crippen LogP contribution in [-0.2, 0) is 25.5 Å². The molecule has 0 spiro atoms. The number of anilines is 1. The number of carbonyl (C=O) groups excluding carboxylic acids is 2. The molecule has 0 aliphatic carbocycles. The number of carbonyl (C=O) groups is 2. The van der Waals surface area contributed by atoms with E-state index in [4.69, 9.17) is 14.2 Å². The molecule has 2 aliphatic heterocycles. The van der Waals surface area contributed by atoms with Crippen molar-refractivity contribution in [1.82, 2.24) is 5.32 Å². The summed E-state index contributed by atoms with van der Waals surface area (Å²) in [5, 5.41) is 15.7. The van der Waals surface area contributed by atoms with E-state index in [1.165, 1.54) is 12.7 Å². The minimum absolute atomic E-state index is 0.0263. The number of amides is 2. The monoisotopic (exact) mass is 454 g/mol. The smallest absolute Gasteiger partial charge is 0.250 e. The molecule has 1 fully saturated rings. The molecule has 2 aromatic rings. The fraction of sp³-hybridized carbons (Fsp3) is 0.440. The Morgan fingerprint density at radius 1 is 1.15 bits per heavy atom. The van der Waals surface area contributed by atoms with Crippen molar-refractivity contribution >= 4 is 17.5 Å². The Hall–Kier alpha value is -2.94. The second-order valence-corrected chi connectivity index (χ2v) is 8.43. The van der Waals surface area contributed by atoms with Crippen molar-refractivity contribution in [2.45, 2.75) is 43.5 Å². The Morgan fingerprint density at radius 2 is 1.97 bits per heavy atom. The van der Waals surface area contributed by atoms with Crippen molar-refractivity contribution in [3.8, 4) is 5.75 Å². The van der Waals surface area contributed by atoms with E-state index in [9.17, 15) is 14.7 Å². The van der Waals surface area contributed by atoms with Gasteiger partial charge in [-0.05, 0) is 36.6 Å². The van der Waals surface area contributed by atoms with E-state index in [0.29, 0.717) is 24.4 Å². The highest BCUT2D eigenvalue weighted by Gasteiger charge is 2.46. The van der Waals surface area contributed by atoms with Gasteiger partial charge in [0.15, 0.2) is 0 Å². The SMILES string of the molecule is COCC(=O)Nc1ccc2c(c1)[C@H]1C[C@@H](CC(=O)NCCc3ccccc3)O[C@@H](CO)[C@H]1O2. The fourth-order valence-electron chi connectivity index (χ4n) is 4.56. The molecule has 176 valence electrons. The molecule has 4 atom stereocenters. The second kappa shape index (κ2) is 10.8. The molecule has 4 rings (SSSR count). The normalized spacial score (nSPS) is 23.2. The van der Waals surface area contributed by atoms with Crippen molar-refractivity contribution in [3.05, 3.63) is 59.7 Å². The zero-order valence-electron chi connectivity index (χ0n) is 18.7. The number of nitrogens with one attached hydrogen (secondary N) is 2. The highest BCUT2D eigenvalue weighted by Crippen LogP contribution is 2.47. The first kappa shape index (κ1) is 23.2. The molecule has 0 saturated carbocycles. The number of methoxy groups -OCH3 is 1. The highest BCUT2D eigenvalue weighted by atomic mass is 16.6. The van der Waals surface area contributed by atoms with Crippen molar-refractivity contribution in [3.63, 3.8) is 0 Å². The Bertz CT molecular complexity index is 967.